The van der Waals surface area contributed by atoms with Crippen LogP contribution in [0.2, 0.25) is 0 Å². The van der Waals surface area contributed by atoms with Crippen LogP contribution in [0.4, 0.5) is 0 Å². The maximum atomic E-state index is 11.7. The van der Waals surface area contributed by atoms with E-state index < -0.39 is 29.9 Å². The number of aromatic hydroxyl groups is 1. The van der Waals surface area contributed by atoms with Crippen LogP contribution in [0.25, 0.3) is 0 Å². The second-order valence-electron chi connectivity index (χ2n) is 4.55. The number of carbonyl (C=O) groups excluding carboxylic acids is 2. The summed E-state index contributed by atoms with van der Waals surface area (Å²) >= 11 is 0. The van der Waals surface area contributed by atoms with Gasteiger partial charge in [0, 0.05) is 6.42 Å². The molecular weight excluding hydrogens is 278 g/mol. The van der Waals surface area contributed by atoms with Gasteiger partial charge in [0.25, 0.3) is 0 Å². The molecule has 8 nitrogen and oxygen atoms in total. The lowest BCUT2D eigenvalue weighted by molar-refractivity contribution is -0.142. The first-order chi connectivity index (χ1) is 9.79. The van der Waals surface area contributed by atoms with Crippen LogP contribution in [0, 0.1) is 0 Å². The molecule has 0 aromatic heterocycles. The Morgan fingerprint density at radius 1 is 1.19 bits per heavy atom. The highest BCUT2D eigenvalue weighted by molar-refractivity contribution is 5.90. The van der Waals surface area contributed by atoms with E-state index in [0.717, 1.165) is 0 Å². The van der Waals surface area contributed by atoms with Gasteiger partial charge in [-0.05, 0) is 17.7 Å². The second kappa shape index (κ2) is 7.25. The van der Waals surface area contributed by atoms with Crippen molar-refractivity contribution in [2.24, 2.45) is 11.5 Å². The number of hydrogen-bond acceptors (Lipinski definition) is 5. The van der Waals surface area contributed by atoms with E-state index in [1.807, 2.05) is 0 Å². The third-order valence-electron chi connectivity index (χ3n) is 2.75. The second-order valence-corrected chi connectivity index (χ2v) is 4.55. The first-order valence-electron chi connectivity index (χ1n) is 6.14. The standard InChI is InChI=1S/C13H17N3O5/c14-9(6-11(15)18)12(19)16-10(13(20)21)5-7-1-3-8(17)4-2-7/h1-4,9-10,17H,5-6,14H2,(H2,15,18)(H,16,19)(H,20,21)/t9-,10-/m0/s1. The monoisotopic (exact) mass is 295 g/mol. The number of hydrogen-bond donors (Lipinski definition) is 5. The van der Waals surface area contributed by atoms with Crippen molar-refractivity contribution in [3.8, 4) is 5.75 Å². The van der Waals surface area contributed by atoms with E-state index >= 15 is 0 Å². The summed E-state index contributed by atoms with van der Waals surface area (Å²) in [5.41, 5.74) is 11.0. The number of aliphatic carboxylic acids is 1. The first-order valence-corrected chi connectivity index (χ1v) is 6.14. The van der Waals surface area contributed by atoms with Gasteiger partial charge >= 0.3 is 5.97 Å². The molecule has 0 saturated carbocycles. The Morgan fingerprint density at radius 2 is 1.76 bits per heavy atom. The minimum atomic E-state index is -1.23. The van der Waals surface area contributed by atoms with Gasteiger partial charge in [-0.2, -0.15) is 0 Å². The van der Waals surface area contributed by atoms with Crippen molar-refractivity contribution in [2.45, 2.75) is 24.9 Å². The van der Waals surface area contributed by atoms with E-state index in [2.05, 4.69) is 5.32 Å². The van der Waals surface area contributed by atoms with Crippen molar-refractivity contribution in [1.82, 2.24) is 5.32 Å². The van der Waals surface area contributed by atoms with E-state index in [1.54, 1.807) is 12.1 Å². The van der Waals surface area contributed by atoms with Crippen molar-refractivity contribution in [3.05, 3.63) is 29.8 Å². The lowest BCUT2D eigenvalue weighted by Crippen LogP contribution is -2.50. The third-order valence-corrected chi connectivity index (χ3v) is 2.75. The SMILES string of the molecule is NC(=O)C[C@H](N)C(=O)N[C@@H](Cc1ccc(O)cc1)C(=O)O. The van der Waals surface area contributed by atoms with Gasteiger partial charge < -0.3 is 27.0 Å². The van der Waals surface area contributed by atoms with Crippen molar-refractivity contribution >= 4 is 17.8 Å². The summed E-state index contributed by atoms with van der Waals surface area (Å²) in [7, 11) is 0. The Bertz CT molecular complexity index is 529. The summed E-state index contributed by atoms with van der Waals surface area (Å²) in [5, 5.41) is 20.5. The Kier molecular flexibility index (Phi) is 5.67. The maximum Gasteiger partial charge on any atom is 0.326 e. The van der Waals surface area contributed by atoms with E-state index in [-0.39, 0.29) is 18.6 Å². The van der Waals surface area contributed by atoms with Crippen LogP contribution < -0.4 is 16.8 Å². The molecule has 0 saturated heterocycles. The van der Waals surface area contributed by atoms with Crippen molar-refractivity contribution in [2.75, 3.05) is 0 Å². The predicted molar refractivity (Wildman–Crippen MR) is 73.2 cm³/mol. The summed E-state index contributed by atoms with van der Waals surface area (Å²) in [5.74, 6) is -2.69. The maximum absolute atomic E-state index is 11.7. The largest absolute Gasteiger partial charge is 0.508 e. The van der Waals surface area contributed by atoms with Crippen molar-refractivity contribution < 1.29 is 24.6 Å². The fourth-order valence-electron chi connectivity index (χ4n) is 1.66. The van der Waals surface area contributed by atoms with Gasteiger partial charge in [0.15, 0.2) is 0 Å². The van der Waals surface area contributed by atoms with Gasteiger partial charge in [0.1, 0.15) is 11.8 Å². The number of phenols is 1. The molecule has 8 heteroatoms. The molecule has 21 heavy (non-hydrogen) atoms. The number of primary amides is 1. The lowest BCUT2D eigenvalue weighted by atomic mass is 10.0. The molecule has 0 bridgehead atoms. The van der Waals surface area contributed by atoms with Crippen molar-refractivity contribution in [3.63, 3.8) is 0 Å². The molecule has 1 rings (SSSR count). The van der Waals surface area contributed by atoms with Gasteiger partial charge in [0.2, 0.25) is 11.8 Å². The molecule has 0 radical (unpaired) electrons. The fraction of sp³-hybridized carbons (Fsp3) is 0.308. The van der Waals surface area contributed by atoms with Crippen LogP contribution in [0.1, 0.15) is 12.0 Å². The fourth-order valence-corrected chi connectivity index (χ4v) is 1.66. The molecular formula is C13H17N3O5. The topological polar surface area (TPSA) is 156 Å². The van der Waals surface area contributed by atoms with Crippen molar-refractivity contribution in [1.29, 1.82) is 0 Å². The van der Waals surface area contributed by atoms with E-state index in [0.29, 0.717) is 5.56 Å². The van der Waals surface area contributed by atoms with E-state index in [9.17, 15) is 14.4 Å². The Hall–Kier alpha value is -2.61. The number of nitrogens with one attached hydrogen (secondary N) is 1. The van der Waals surface area contributed by atoms with Gasteiger partial charge in [-0.15, -0.1) is 0 Å². The molecule has 0 aliphatic carbocycles. The average molecular weight is 295 g/mol. The third kappa shape index (κ3) is 5.49. The Morgan fingerprint density at radius 3 is 2.24 bits per heavy atom. The Balaban J connectivity index is 2.69. The van der Waals surface area contributed by atoms with E-state index in [1.165, 1.54) is 12.1 Å². The van der Waals surface area contributed by atoms with Crippen LogP contribution in [-0.4, -0.2) is 40.1 Å². The normalized spacial score (nSPS) is 13.2. The zero-order valence-electron chi connectivity index (χ0n) is 11.2. The molecule has 0 aliphatic heterocycles. The molecule has 0 unspecified atom stereocenters. The number of carboxylic acids is 1. The first kappa shape index (κ1) is 16.4. The summed E-state index contributed by atoms with van der Waals surface area (Å²) in [6, 6.07) is 3.52. The highest BCUT2D eigenvalue weighted by Gasteiger charge is 2.24. The van der Waals surface area contributed by atoms with Crippen LogP contribution in [0.15, 0.2) is 24.3 Å². The van der Waals surface area contributed by atoms with E-state index in [4.69, 9.17) is 21.7 Å². The van der Waals surface area contributed by atoms with Crippen LogP contribution in [-0.2, 0) is 20.8 Å². The molecule has 1 aromatic carbocycles. The van der Waals surface area contributed by atoms with Crippen LogP contribution >= 0.6 is 0 Å². The number of nitrogens with two attached hydrogens (primary N) is 2. The van der Waals surface area contributed by atoms with Gasteiger partial charge in [0.05, 0.1) is 12.5 Å². The molecule has 0 aliphatic rings. The summed E-state index contributed by atoms with van der Waals surface area (Å²) in [6.07, 6.45) is -0.345. The highest BCUT2D eigenvalue weighted by Crippen LogP contribution is 2.11. The minimum Gasteiger partial charge on any atom is -0.508 e. The summed E-state index contributed by atoms with van der Waals surface area (Å²) in [4.78, 5) is 33.5. The number of carbonyl (C=O) groups is 3. The molecule has 2 amide bonds. The number of benzene rings is 1. The zero-order valence-corrected chi connectivity index (χ0v) is 11.2. The molecule has 114 valence electrons. The predicted octanol–water partition coefficient (Wildman–Crippen LogP) is -1.29. The highest BCUT2D eigenvalue weighted by atomic mass is 16.4. The zero-order chi connectivity index (χ0) is 16.0. The lowest BCUT2D eigenvalue weighted by Gasteiger charge is -2.17. The molecule has 0 heterocycles. The quantitative estimate of drug-likeness (QED) is 0.421. The number of carboxylic acid groups (broad SMARTS) is 1. The smallest absolute Gasteiger partial charge is 0.326 e. The Labute approximate surface area is 120 Å². The number of rotatable bonds is 7. The molecule has 0 spiro atoms. The van der Waals surface area contributed by atoms with Gasteiger partial charge in [-0.3, -0.25) is 9.59 Å². The minimum absolute atomic E-state index is 0.0185. The van der Waals surface area contributed by atoms with Crippen LogP contribution in [0.3, 0.4) is 0 Å². The average Bonchev–Trinajstić information content (AvgIpc) is 2.39. The number of phenolic OH excluding ortho intramolecular Hbond substituents is 1. The van der Waals surface area contributed by atoms with Gasteiger partial charge in [-0.1, -0.05) is 12.1 Å². The number of amides is 2. The summed E-state index contributed by atoms with van der Waals surface area (Å²) < 4.78 is 0. The molecule has 0 fully saturated rings. The molecule has 1 aromatic rings. The van der Waals surface area contributed by atoms with Gasteiger partial charge in [-0.25, -0.2) is 4.79 Å². The van der Waals surface area contributed by atoms with Crippen LogP contribution in [0.5, 0.6) is 5.75 Å². The summed E-state index contributed by atoms with van der Waals surface area (Å²) in [6.45, 7) is 0. The molecule has 7 N–H and O–H groups in total. The molecule has 2 atom stereocenters.